The highest BCUT2D eigenvalue weighted by atomic mass is 16.2. The van der Waals surface area contributed by atoms with E-state index in [0.29, 0.717) is 25.9 Å². The van der Waals surface area contributed by atoms with Gasteiger partial charge < -0.3 is 15.6 Å². The number of H-pyrrole nitrogens is 1. The van der Waals surface area contributed by atoms with Crippen LogP contribution in [0, 0.1) is 13.8 Å². The minimum Gasteiger partial charge on any atom is -0.361 e. The maximum atomic E-state index is 13.2. The van der Waals surface area contributed by atoms with Gasteiger partial charge in [0.05, 0.1) is 6.54 Å². The predicted octanol–water partition coefficient (Wildman–Crippen LogP) is 3.15. The number of benzene rings is 1. The first-order chi connectivity index (χ1) is 16.0. The zero-order valence-corrected chi connectivity index (χ0v) is 18.7. The topological polar surface area (TPSA) is 105 Å². The van der Waals surface area contributed by atoms with Crippen molar-refractivity contribution in [3.63, 3.8) is 0 Å². The monoisotopic (exact) mass is 442 g/mol. The Bertz CT molecular complexity index is 1370. The number of carbonyl (C=O) groups excluding carboxylic acids is 1. The summed E-state index contributed by atoms with van der Waals surface area (Å²) in [5.41, 5.74) is 5.90. The lowest BCUT2D eigenvalue weighted by atomic mass is 10.1. The van der Waals surface area contributed by atoms with Crippen molar-refractivity contribution in [2.45, 2.75) is 45.8 Å². The van der Waals surface area contributed by atoms with Crippen LogP contribution in [-0.2, 0) is 24.3 Å². The summed E-state index contributed by atoms with van der Waals surface area (Å²) in [7, 11) is 0. The van der Waals surface area contributed by atoms with Gasteiger partial charge in [0.15, 0.2) is 5.82 Å². The molecule has 1 aromatic carbocycles. The lowest BCUT2D eigenvalue weighted by Gasteiger charge is -2.16. The number of nitrogens with zero attached hydrogens (tertiary/aromatic N) is 3. The van der Waals surface area contributed by atoms with Gasteiger partial charge in [-0.3, -0.25) is 19.1 Å². The molecule has 0 fully saturated rings. The Kier molecular flexibility index (Phi) is 5.42. The molecule has 5 rings (SSSR count). The maximum absolute atomic E-state index is 13.2. The van der Waals surface area contributed by atoms with Crippen molar-refractivity contribution in [1.29, 1.82) is 0 Å². The highest BCUT2D eigenvalue weighted by Crippen LogP contribution is 2.24. The van der Waals surface area contributed by atoms with E-state index in [1.165, 1.54) is 11.1 Å². The standard InChI is InChI=1S/C25H26N6O2/c1-15-3-4-17(9-16(15)2)11-27-23-25(33)31-20(14-28-23)5-6-22(31)24(32)29-13-19-10-18-12-26-8-7-21(18)30-19/h3-4,7-10,12,14,22,30H,5-6,11,13H2,1-2H3,(H,27,28)(H,29,32)/t22-/m0/s1. The molecule has 0 aliphatic carbocycles. The summed E-state index contributed by atoms with van der Waals surface area (Å²) < 4.78 is 1.58. The van der Waals surface area contributed by atoms with Gasteiger partial charge in [0.25, 0.3) is 5.56 Å². The normalized spacial score (nSPS) is 14.9. The van der Waals surface area contributed by atoms with Crippen LogP contribution in [0.4, 0.5) is 5.82 Å². The molecular weight excluding hydrogens is 416 g/mol. The van der Waals surface area contributed by atoms with Crippen LogP contribution in [-0.4, -0.2) is 25.4 Å². The van der Waals surface area contributed by atoms with Gasteiger partial charge in [-0.2, -0.15) is 0 Å². The van der Waals surface area contributed by atoms with Crippen LogP contribution in [0.1, 0.15) is 40.5 Å². The van der Waals surface area contributed by atoms with Crippen molar-refractivity contribution in [1.82, 2.24) is 24.8 Å². The molecule has 33 heavy (non-hydrogen) atoms. The quantitative estimate of drug-likeness (QED) is 0.426. The van der Waals surface area contributed by atoms with E-state index in [9.17, 15) is 9.59 Å². The van der Waals surface area contributed by atoms with Crippen LogP contribution in [0.25, 0.3) is 10.9 Å². The van der Waals surface area contributed by atoms with Gasteiger partial charge in [-0.1, -0.05) is 18.2 Å². The summed E-state index contributed by atoms with van der Waals surface area (Å²) in [6.45, 7) is 4.99. The Morgan fingerprint density at radius 1 is 1.15 bits per heavy atom. The van der Waals surface area contributed by atoms with Gasteiger partial charge in [0, 0.05) is 47.4 Å². The van der Waals surface area contributed by atoms with E-state index in [2.05, 4.69) is 51.6 Å². The fourth-order valence-corrected chi connectivity index (χ4v) is 4.34. The number of nitrogens with one attached hydrogen (secondary N) is 3. The number of aryl methyl sites for hydroxylation is 3. The molecule has 0 unspecified atom stereocenters. The molecule has 168 valence electrons. The molecule has 3 N–H and O–H groups in total. The highest BCUT2D eigenvalue weighted by molar-refractivity contribution is 5.82. The summed E-state index contributed by atoms with van der Waals surface area (Å²) in [5.74, 6) is 0.0961. The number of hydrogen-bond donors (Lipinski definition) is 3. The number of fused-ring (bicyclic) bond motifs is 2. The van der Waals surface area contributed by atoms with E-state index in [-0.39, 0.29) is 17.3 Å². The van der Waals surface area contributed by atoms with Crippen molar-refractivity contribution in [3.8, 4) is 0 Å². The zero-order valence-electron chi connectivity index (χ0n) is 18.7. The van der Waals surface area contributed by atoms with Crippen LogP contribution in [0.3, 0.4) is 0 Å². The second-order valence-corrected chi connectivity index (χ2v) is 8.58. The second-order valence-electron chi connectivity index (χ2n) is 8.58. The van der Waals surface area contributed by atoms with Crippen molar-refractivity contribution >= 4 is 22.6 Å². The smallest absolute Gasteiger partial charge is 0.294 e. The van der Waals surface area contributed by atoms with E-state index in [1.54, 1.807) is 23.2 Å². The number of amides is 1. The molecule has 1 amide bonds. The molecule has 1 aliphatic heterocycles. The van der Waals surface area contributed by atoms with Crippen molar-refractivity contribution in [3.05, 3.63) is 87.4 Å². The number of pyridine rings is 1. The number of aromatic nitrogens is 4. The zero-order chi connectivity index (χ0) is 22.9. The molecule has 1 atom stereocenters. The fraction of sp³-hybridized carbons (Fsp3) is 0.280. The van der Waals surface area contributed by atoms with E-state index >= 15 is 0 Å². The third kappa shape index (κ3) is 4.11. The summed E-state index contributed by atoms with van der Waals surface area (Å²) in [4.78, 5) is 37.8. The van der Waals surface area contributed by atoms with Gasteiger partial charge in [-0.25, -0.2) is 4.98 Å². The first kappa shape index (κ1) is 20.9. The Morgan fingerprint density at radius 3 is 2.85 bits per heavy atom. The Morgan fingerprint density at radius 2 is 2.03 bits per heavy atom. The first-order valence-corrected chi connectivity index (χ1v) is 11.1. The number of rotatable bonds is 6. The molecule has 0 spiro atoms. The summed E-state index contributed by atoms with van der Waals surface area (Å²) in [5, 5.41) is 7.11. The second kappa shape index (κ2) is 8.54. The van der Waals surface area contributed by atoms with Gasteiger partial charge in [-0.15, -0.1) is 0 Å². The SMILES string of the molecule is Cc1ccc(CNc2ncc3n(c2=O)[C@H](C(=O)NCc2cc4cnccc4[nH]2)CC3)cc1C. The number of hydrogen-bond acceptors (Lipinski definition) is 5. The first-order valence-electron chi connectivity index (χ1n) is 11.1. The average molecular weight is 443 g/mol. The summed E-state index contributed by atoms with van der Waals surface area (Å²) in [6.07, 6.45) is 6.43. The van der Waals surface area contributed by atoms with Gasteiger partial charge in [0.1, 0.15) is 6.04 Å². The van der Waals surface area contributed by atoms with Crippen molar-refractivity contribution in [2.24, 2.45) is 0 Å². The van der Waals surface area contributed by atoms with Gasteiger partial charge in [0.2, 0.25) is 5.91 Å². The largest absolute Gasteiger partial charge is 0.361 e. The number of aromatic amines is 1. The number of anilines is 1. The van der Waals surface area contributed by atoms with Crippen molar-refractivity contribution in [2.75, 3.05) is 5.32 Å². The van der Waals surface area contributed by atoms with Crippen LogP contribution in [0.2, 0.25) is 0 Å². The molecule has 0 bridgehead atoms. The van der Waals surface area contributed by atoms with Crippen LogP contribution in [0.15, 0.2) is 53.7 Å². The molecule has 8 nitrogen and oxygen atoms in total. The minimum absolute atomic E-state index is 0.168. The Labute approximate surface area is 191 Å². The van der Waals surface area contributed by atoms with E-state index in [0.717, 1.165) is 27.9 Å². The maximum Gasteiger partial charge on any atom is 0.294 e. The number of carbonyl (C=O) groups is 1. The summed E-state index contributed by atoms with van der Waals surface area (Å²) in [6, 6.07) is 9.53. The Hall–Kier alpha value is -3.94. The molecular formula is C25H26N6O2. The lowest BCUT2D eigenvalue weighted by Crippen LogP contribution is -2.36. The van der Waals surface area contributed by atoms with E-state index < -0.39 is 6.04 Å². The van der Waals surface area contributed by atoms with E-state index in [4.69, 9.17) is 0 Å². The molecule has 8 heteroatoms. The van der Waals surface area contributed by atoms with E-state index in [1.807, 2.05) is 18.2 Å². The fourth-order valence-electron chi connectivity index (χ4n) is 4.34. The Balaban J connectivity index is 1.29. The molecule has 4 heterocycles. The predicted molar refractivity (Wildman–Crippen MR) is 127 cm³/mol. The third-order valence-corrected chi connectivity index (χ3v) is 6.32. The van der Waals surface area contributed by atoms with Crippen LogP contribution in [0.5, 0.6) is 0 Å². The van der Waals surface area contributed by atoms with Crippen LogP contribution >= 0.6 is 0 Å². The average Bonchev–Trinajstić information content (AvgIpc) is 3.43. The highest BCUT2D eigenvalue weighted by Gasteiger charge is 2.30. The summed E-state index contributed by atoms with van der Waals surface area (Å²) >= 11 is 0. The van der Waals surface area contributed by atoms with Crippen molar-refractivity contribution < 1.29 is 4.79 Å². The molecule has 4 aromatic rings. The minimum atomic E-state index is -0.538. The van der Waals surface area contributed by atoms with Gasteiger partial charge in [-0.05, 0) is 55.5 Å². The molecule has 1 aliphatic rings. The lowest BCUT2D eigenvalue weighted by molar-refractivity contribution is -0.124. The van der Waals surface area contributed by atoms with Gasteiger partial charge >= 0.3 is 0 Å². The third-order valence-electron chi connectivity index (χ3n) is 6.32. The molecule has 0 radical (unpaired) electrons. The molecule has 0 saturated heterocycles. The van der Waals surface area contributed by atoms with Crippen LogP contribution < -0.4 is 16.2 Å². The molecule has 0 saturated carbocycles. The molecule has 3 aromatic heterocycles.